The molecule has 1 saturated carbocycles. The first kappa shape index (κ1) is 15.7. The summed E-state index contributed by atoms with van der Waals surface area (Å²) >= 11 is 0. The summed E-state index contributed by atoms with van der Waals surface area (Å²) in [6, 6.07) is 0.324. The summed E-state index contributed by atoms with van der Waals surface area (Å²) in [4.78, 5) is 0. The quantitative estimate of drug-likeness (QED) is 0.797. The van der Waals surface area contributed by atoms with Crippen LogP contribution in [0.2, 0.25) is 0 Å². The Hall–Kier alpha value is -0.170. The molecular formula is C15H28N2O3S. The number of nitrogens with zero attached hydrogens (tertiary/aromatic N) is 2. The van der Waals surface area contributed by atoms with Crippen LogP contribution in [-0.2, 0) is 14.9 Å². The van der Waals surface area contributed by atoms with Gasteiger partial charge in [-0.25, -0.2) is 0 Å². The van der Waals surface area contributed by atoms with Crippen molar-refractivity contribution in [1.29, 1.82) is 0 Å². The van der Waals surface area contributed by atoms with Crippen LogP contribution in [0, 0.1) is 5.92 Å². The van der Waals surface area contributed by atoms with E-state index in [4.69, 9.17) is 4.74 Å². The molecule has 0 aromatic heterocycles. The largest absolute Gasteiger partial charge is 0.375 e. The van der Waals surface area contributed by atoms with Gasteiger partial charge in [-0.2, -0.15) is 17.0 Å². The second-order valence-electron chi connectivity index (χ2n) is 7.37. The van der Waals surface area contributed by atoms with E-state index in [-0.39, 0.29) is 17.7 Å². The SMILES string of the molecule is CCN(C1CCOC(C)(C)C1)S(=O)(=O)N1CC2CCC1C2. The lowest BCUT2D eigenvalue weighted by Crippen LogP contribution is -2.54. The molecule has 0 amide bonds. The summed E-state index contributed by atoms with van der Waals surface area (Å²) in [5, 5.41) is 0. The van der Waals surface area contributed by atoms with E-state index < -0.39 is 10.2 Å². The molecule has 3 fully saturated rings. The van der Waals surface area contributed by atoms with Gasteiger partial charge in [0.15, 0.2) is 0 Å². The third-order valence-corrected chi connectivity index (χ3v) is 7.53. The van der Waals surface area contributed by atoms with Crippen LogP contribution in [0.15, 0.2) is 0 Å². The minimum atomic E-state index is -3.32. The molecule has 0 N–H and O–H groups in total. The molecule has 2 heterocycles. The molecule has 3 unspecified atom stereocenters. The van der Waals surface area contributed by atoms with Gasteiger partial charge in [-0.1, -0.05) is 6.92 Å². The number of ether oxygens (including phenoxy) is 1. The van der Waals surface area contributed by atoms with E-state index in [1.165, 1.54) is 6.42 Å². The molecule has 0 aromatic carbocycles. The van der Waals surface area contributed by atoms with Crippen LogP contribution in [0.5, 0.6) is 0 Å². The van der Waals surface area contributed by atoms with Crippen molar-refractivity contribution >= 4 is 10.2 Å². The van der Waals surface area contributed by atoms with Gasteiger partial charge in [-0.05, 0) is 51.9 Å². The van der Waals surface area contributed by atoms with Gasteiger partial charge < -0.3 is 4.74 Å². The van der Waals surface area contributed by atoms with Crippen molar-refractivity contribution in [1.82, 2.24) is 8.61 Å². The summed E-state index contributed by atoms with van der Waals surface area (Å²) < 4.78 is 35.4. The summed E-state index contributed by atoms with van der Waals surface area (Å²) in [6.45, 7) is 7.99. The van der Waals surface area contributed by atoms with E-state index in [9.17, 15) is 8.42 Å². The molecule has 3 aliphatic rings. The molecule has 0 spiro atoms. The molecule has 6 heteroatoms. The fourth-order valence-electron chi connectivity index (χ4n) is 4.35. The number of rotatable bonds is 4. The molecule has 0 aromatic rings. The van der Waals surface area contributed by atoms with Gasteiger partial charge >= 0.3 is 0 Å². The van der Waals surface area contributed by atoms with Crippen molar-refractivity contribution in [3.8, 4) is 0 Å². The van der Waals surface area contributed by atoms with Crippen LogP contribution >= 0.6 is 0 Å². The zero-order valence-corrected chi connectivity index (χ0v) is 14.2. The smallest absolute Gasteiger partial charge is 0.282 e. The zero-order valence-electron chi connectivity index (χ0n) is 13.4. The Morgan fingerprint density at radius 1 is 1.29 bits per heavy atom. The maximum absolute atomic E-state index is 13.1. The fraction of sp³-hybridized carbons (Fsp3) is 1.00. The number of hydrogen-bond acceptors (Lipinski definition) is 3. The lowest BCUT2D eigenvalue weighted by Gasteiger charge is -2.42. The molecule has 2 bridgehead atoms. The molecule has 21 heavy (non-hydrogen) atoms. The van der Waals surface area contributed by atoms with E-state index >= 15 is 0 Å². The van der Waals surface area contributed by atoms with Crippen molar-refractivity contribution in [2.75, 3.05) is 19.7 Å². The Balaban J connectivity index is 1.79. The summed E-state index contributed by atoms with van der Waals surface area (Å²) in [6.07, 6.45) is 4.89. The second kappa shape index (κ2) is 5.48. The van der Waals surface area contributed by atoms with Gasteiger partial charge in [-0.15, -0.1) is 0 Å². The van der Waals surface area contributed by atoms with Crippen molar-refractivity contribution in [2.45, 2.75) is 70.6 Å². The van der Waals surface area contributed by atoms with Gasteiger partial charge in [0.1, 0.15) is 0 Å². The first-order valence-corrected chi connectivity index (χ1v) is 9.66. The summed E-state index contributed by atoms with van der Waals surface area (Å²) in [5.74, 6) is 0.592. The van der Waals surface area contributed by atoms with Crippen LogP contribution in [-0.4, -0.2) is 54.4 Å². The van der Waals surface area contributed by atoms with E-state index in [1.54, 1.807) is 8.61 Å². The van der Waals surface area contributed by atoms with Crippen molar-refractivity contribution in [3.63, 3.8) is 0 Å². The highest BCUT2D eigenvalue weighted by Gasteiger charge is 2.47. The highest BCUT2D eigenvalue weighted by Crippen LogP contribution is 2.40. The third kappa shape index (κ3) is 2.87. The molecular weight excluding hydrogens is 288 g/mol. The fourth-order valence-corrected chi connectivity index (χ4v) is 6.47. The minimum absolute atomic E-state index is 0.0721. The second-order valence-corrected chi connectivity index (χ2v) is 9.20. The number of hydrogen-bond donors (Lipinski definition) is 0. The van der Waals surface area contributed by atoms with Crippen LogP contribution in [0.3, 0.4) is 0 Å². The van der Waals surface area contributed by atoms with Crippen molar-refractivity contribution in [2.24, 2.45) is 5.92 Å². The van der Waals surface area contributed by atoms with E-state index in [2.05, 4.69) is 13.8 Å². The lowest BCUT2D eigenvalue weighted by molar-refractivity contribution is -0.0729. The van der Waals surface area contributed by atoms with E-state index in [0.29, 0.717) is 19.1 Å². The molecule has 3 atom stereocenters. The maximum atomic E-state index is 13.1. The van der Waals surface area contributed by atoms with E-state index in [1.807, 2.05) is 6.92 Å². The molecule has 2 saturated heterocycles. The van der Waals surface area contributed by atoms with Gasteiger partial charge in [0.2, 0.25) is 0 Å². The molecule has 3 rings (SSSR count). The predicted molar refractivity (Wildman–Crippen MR) is 82.2 cm³/mol. The number of piperidine rings is 1. The Bertz CT molecular complexity index is 491. The number of fused-ring (bicyclic) bond motifs is 2. The first-order valence-electron chi connectivity index (χ1n) is 8.26. The zero-order chi connectivity index (χ0) is 15.3. The minimum Gasteiger partial charge on any atom is -0.375 e. The van der Waals surface area contributed by atoms with Crippen LogP contribution < -0.4 is 0 Å². The average Bonchev–Trinajstić information content (AvgIpc) is 3.00. The third-order valence-electron chi connectivity index (χ3n) is 5.34. The van der Waals surface area contributed by atoms with Crippen LogP contribution in [0.25, 0.3) is 0 Å². The van der Waals surface area contributed by atoms with Crippen molar-refractivity contribution in [3.05, 3.63) is 0 Å². The normalized spacial score (nSPS) is 36.5. The van der Waals surface area contributed by atoms with Gasteiger partial charge in [0.05, 0.1) is 5.60 Å². The predicted octanol–water partition coefficient (Wildman–Crippen LogP) is 2.00. The van der Waals surface area contributed by atoms with Crippen LogP contribution in [0.4, 0.5) is 0 Å². The topological polar surface area (TPSA) is 49.9 Å². The van der Waals surface area contributed by atoms with Crippen molar-refractivity contribution < 1.29 is 13.2 Å². The summed E-state index contributed by atoms with van der Waals surface area (Å²) in [7, 11) is -3.32. The maximum Gasteiger partial charge on any atom is 0.282 e. The Kier molecular flexibility index (Phi) is 4.10. The highest BCUT2D eigenvalue weighted by atomic mass is 32.2. The Labute approximate surface area is 128 Å². The molecule has 122 valence electrons. The molecule has 5 nitrogen and oxygen atoms in total. The molecule has 0 radical (unpaired) electrons. The molecule has 1 aliphatic carbocycles. The van der Waals surface area contributed by atoms with E-state index in [0.717, 1.165) is 32.2 Å². The van der Waals surface area contributed by atoms with Crippen LogP contribution in [0.1, 0.15) is 52.9 Å². The Morgan fingerprint density at radius 3 is 2.57 bits per heavy atom. The highest BCUT2D eigenvalue weighted by molar-refractivity contribution is 7.86. The van der Waals surface area contributed by atoms with Gasteiger partial charge in [0.25, 0.3) is 10.2 Å². The standard InChI is InChI=1S/C15H28N2O3S/c1-4-16(14-7-8-20-15(2,3)10-14)21(18,19)17-11-12-5-6-13(17)9-12/h12-14H,4-11H2,1-3H3. The Morgan fingerprint density at radius 2 is 2.05 bits per heavy atom. The summed E-state index contributed by atoms with van der Waals surface area (Å²) in [5.41, 5.74) is -0.226. The van der Waals surface area contributed by atoms with Gasteiger partial charge in [-0.3, -0.25) is 0 Å². The van der Waals surface area contributed by atoms with Gasteiger partial charge in [0, 0.05) is 31.8 Å². The molecule has 2 aliphatic heterocycles. The first-order chi connectivity index (χ1) is 9.83. The monoisotopic (exact) mass is 316 g/mol. The lowest BCUT2D eigenvalue weighted by atomic mass is 9.94. The average molecular weight is 316 g/mol.